The van der Waals surface area contributed by atoms with Crippen LogP contribution < -0.4 is 0 Å². The molecule has 2 saturated carbocycles. The Balaban J connectivity index is 1.10. The molecule has 5 aromatic carbocycles. The average Bonchev–Trinajstić information content (AvgIpc) is 1.43. The van der Waals surface area contributed by atoms with Gasteiger partial charge in [-0.05, 0) is 176 Å². The summed E-state index contributed by atoms with van der Waals surface area (Å²) in [6, 6.07) is 31.6. The van der Waals surface area contributed by atoms with Gasteiger partial charge in [0.15, 0.2) is 0 Å². The van der Waals surface area contributed by atoms with E-state index in [-0.39, 0.29) is 55.4 Å². The highest BCUT2D eigenvalue weighted by molar-refractivity contribution is 6.10. The molecule has 0 unspecified atom stereocenters. The van der Waals surface area contributed by atoms with Crippen molar-refractivity contribution >= 4 is 21.9 Å². The standard InChI is InChI=1S/C64H60N4O/c1-42-32-62(57-23-13-22-55-56-31-30-51(38-65)43(2)63(56)69-64(55)57)68-39-52(42)27-24-44-33-45(25-28-53-40-66-60(49-18-5-3-6-19-49)36-58(53)47-14-9-10-15-47)35-46(34-44)26-29-54-41-67-61(50-20-7-4-8-21-50)37-59(54)48-16-11-12-17-48/h3-8,13,18-23,30-37,39-41,47-48H,9-12,14-17,24-29H2,1-2H3/i1D3,2D3,24D2,25D2,26D2,27D2,28D2,29D2,30D,47D,48D. The summed E-state index contributed by atoms with van der Waals surface area (Å²) in [5.41, 5.74) is -3.78. The van der Waals surface area contributed by atoms with E-state index in [0.29, 0.717) is 73.9 Å². The van der Waals surface area contributed by atoms with E-state index in [1.165, 1.54) is 18.2 Å². The summed E-state index contributed by atoms with van der Waals surface area (Å²) in [5, 5.41) is 10.3. The van der Waals surface area contributed by atoms with E-state index >= 15 is 0 Å². The summed E-state index contributed by atoms with van der Waals surface area (Å²) in [4.78, 5) is 13.6. The number of aromatic nitrogens is 3. The van der Waals surface area contributed by atoms with Gasteiger partial charge >= 0.3 is 0 Å². The molecule has 9 aromatic rings. The molecular formula is C64H60N4O. The summed E-state index contributed by atoms with van der Waals surface area (Å²) in [6.07, 6.45) is -13.6. The highest BCUT2D eigenvalue weighted by Crippen LogP contribution is 2.40. The minimum Gasteiger partial charge on any atom is -0.455 e. The van der Waals surface area contributed by atoms with Gasteiger partial charge in [-0.2, -0.15) is 5.26 Å². The molecule has 0 amide bonds. The van der Waals surface area contributed by atoms with E-state index in [4.69, 9.17) is 14.0 Å². The number of nitriles is 1. The molecule has 342 valence electrons. The van der Waals surface area contributed by atoms with Gasteiger partial charge in [-0.25, -0.2) is 0 Å². The van der Waals surface area contributed by atoms with Crippen molar-refractivity contribution in [1.82, 2.24) is 15.0 Å². The van der Waals surface area contributed by atoms with Crippen LogP contribution in [0, 0.1) is 25.0 Å². The van der Waals surface area contributed by atoms with Crippen LogP contribution in [-0.4, -0.2) is 15.0 Å². The minimum atomic E-state index is -3.57. The second-order valence-corrected chi connectivity index (χ2v) is 17.4. The maximum atomic E-state index is 9.96. The monoisotopic (exact) mass is 922 g/mol. The van der Waals surface area contributed by atoms with Crippen LogP contribution in [0.25, 0.3) is 55.7 Å². The molecule has 0 radical (unpaired) electrons. The lowest BCUT2D eigenvalue weighted by atomic mass is 9.88. The molecule has 0 atom stereocenters. The third-order valence-corrected chi connectivity index (χ3v) is 13.0. The SMILES string of the molecule is [2H]c1cc2c(oc3c(-c4cc(C([2H])([2H])[2H])c(C([2H])([2H])C([2H])([2H])c5cc(C([2H])([2H])C([2H])([2H])c6cnc(-c7ccccc7)cc6C6([2H])CCCC6)cc(C([2H])([2H])C([2H])([2H])c6cnc(-c7ccccc7)cc6C6([2H])CCCC6)c5)cn4)cccc32)c(C([2H])([2H])[2H])c1C#N. The molecule has 5 nitrogen and oxygen atoms in total. The molecule has 2 aliphatic rings. The Hall–Kier alpha value is -7.16. The van der Waals surface area contributed by atoms with Crippen LogP contribution in [0.3, 0.4) is 0 Å². The molecule has 5 heteroatoms. The summed E-state index contributed by atoms with van der Waals surface area (Å²) in [5.74, 6) is -2.84. The number of benzene rings is 5. The van der Waals surface area contributed by atoms with Crippen LogP contribution in [0.4, 0.5) is 0 Å². The fourth-order valence-corrected chi connectivity index (χ4v) is 9.42. The number of rotatable bonds is 14. The van der Waals surface area contributed by atoms with E-state index in [1.54, 1.807) is 84.9 Å². The van der Waals surface area contributed by atoms with E-state index in [2.05, 4.69) is 15.0 Å². The van der Waals surface area contributed by atoms with Crippen molar-refractivity contribution in [2.75, 3.05) is 0 Å². The minimum absolute atomic E-state index is 0.0393. The normalized spacial score (nSPS) is 21.3. The zero-order valence-corrected chi connectivity index (χ0v) is 37.6. The summed E-state index contributed by atoms with van der Waals surface area (Å²) in [7, 11) is 0. The van der Waals surface area contributed by atoms with Gasteiger partial charge in [0.25, 0.3) is 0 Å². The van der Waals surface area contributed by atoms with E-state index in [1.807, 2.05) is 0 Å². The zero-order chi connectivity index (χ0) is 65.2. The highest BCUT2D eigenvalue weighted by Gasteiger charge is 2.24. The third-order valence-electron chi connectivity index (χ3n) is 13.0. The molecule has 69 heavy (non-hydrogen) atoms. The lowest BCUT2D eigenvalue weighted by molar-refractivity contribution is 0.666. The molecule has 0 aliphatic heterocycles. The van der Waals surface area contributed by atoms with Crippen LogP contribution in [-0.2, 0) is 38.2 Å². The Morgan fingerprint density at radius 1 is 0.580 bits per heavy atom. The smallest absolute Gasteiger partial charge is 0.144 e. The van der Waals surface area contributed by atoms with Crippen molar-refractivity contribution in [2.45, 2.75) is 115 Å². The van der Waals surface area contributed by atoms with Gasteiger partial charge in [-0.1, -0.05) is 117 Å². The molecule has 4 aromatic heterocycles. The molecule has 2 fully saturated rings. The largest absolute Gasteiger partial charge is 0.455 e. The van der Waals surface area contributed by atoms with E-state index in [9.17, 15) is 24.5 Å². The van der Waals surface area contributed by atoms with Crippen LogP contribution in [0.2, 0.25) is 0 Å². The van der Waals surface area contributed by atoms with E-state index in [0.717, 1.165) is 42.9 Å². The van der Waals surface area contributed by atoms with Gasteiger partial charge in [0.05, 0.1) is 30.1 Å². The second-order valence-electron chi connectivity index (χ2n) is 17.4. The Morgan fingerprint density at radius 3 is 1.64 bits per heavy atom. The maximum Gasteiger partial charge on any atom is 0.144 e. The number of nitrogens with zero attached hydrogens (tertiary/aromatic N) is 4. The van der Waals surface area contributed by atoms with Crippen LogP contribution in [0.1, 0.15) is 153 Å². The molecule has 0 bridgehead atoms. The average molecular weight is 922 g/mol. The molecule has 4 heterocycles. The first-order valence-corrected chi connectivity index (χ1v) is 23.2. The maximum absolute atomic E-state index is 9.96. The Morgan fingerprint density at radius 2 is 1.10 bits per heavy atom. The lowest BCUT2D eigenvalue weighted by Crippen LogP contribution is -2.06. The topological polar surface area (TPSA) is 75.6 Å². The number of aryl methyl sites for hydroxylation is 8. The van der Waals surface area contributed by atoms with Gasteiger partial charge in [-0.3, -0.25) is 15.0 Å². The Labute approximate surface area is 436 Å². The molecule has 0 spiro atoms. The van der Waals surface area contributed by atoms with Crippen LogP contribution in [0.5, 0.6) is 0 Å². The predicted octanol–water partition coefficient (Wildman–Crippen LogP) is 15.9. The predicted molar refractivity (Wildman–Crippen MR) is 282 cm³/mol. The van der Waals surface area contributed by atoms with Crippen molar-refractivity contribution in [3.8, 4) is 39.8 Å². The molecule has 0 N–H and O–H groups in total. The number of fused-ring (bicyclic) bond motifs is 3. The summed E-state index contributed by atoms with van der Waals surface area (Å²) in [6.45, 7) is -6.18. The summed E-state index contributed by atoms with van der Waals surface area (Å²) >= 11 is 0. The highest BCUT2D eigenvalue weighted by atomic mass is 16.3. The number of para-hydroxylation sites is 1. The van der Waals surface area contributed by atoms with Gasteiger partial charge in [0, 0.05) is 79.0 Å². The number of pyridine rings is 3. The number of hydrogen-bond donors (Lipinski definition) is 0. The van der Waals surface area contributed by atoms with Gasteiger partial charge in [-0.15, -0.1) is 0 Å². The van der Waals surface area contributed by atoms with Crippen molar-refractivity contribution in [3.05, 3.63) is 207 Å². The summed E-state index contributed by atoms with van der Waals surface area (Å²) < 4.78 is 204. The third kappa shape index (κ3) is 9.38. The van der Waals surface area contributed by atoms with Crippen molar-refractivity contribution in [3.63, 3.8) is 0 Å². The number of furan rings is 1. The van der Waals surface area contributed by atoms with Crippen LogP contribution in [0.15, 0.2) is 150 Å². The molecule has 0 saturated heterocycles. The Kier molecular flexibility index (Phi) is 7.63. The first-order chi connectivity index (χ1) is 42.0. The van der Waals surface area contributed by atoms with Crippen molar-refractivity contribution in [1.29, 1.82) is 5.26 Å². The Bertz CT molecular complexity index is 4160. The van der Waals surface area contributed by atoms with Gasteiger partial charge in [0.2, 0.25) is 0 Å². The molecular weight excluding hydrogens is 841 g/mol. The fraction of sp³-hybridized carbons (Fsp3) is 0.281. The molecule has 11 rings (SSSR count). The van der Waals surface area contributed by atoms with Crippen molar-refractivity contribution in [2.24, 2.45) is 0 Å². The van der Waals surface area contributed by atoms with Gasteiger partial charge < -0.3 is 4.42 Å². The van der Waals surface area contributed by atoms with E-state index < -0.39 is 109 Å². The molecule has 2 aliphatic carbocycles. The van der Waals surface area contributed by atoms with Crippen LogP contribution >= 0.6 is 0 Å². The quantitative estimate of drug-likeness (QED) is 0.109. The first-order valence-electron chi connectivity index (χ1n) is 33.7. The van der Waals surface area contributed by atoms with Gasteiger partial charge in [0.1, 0.15) is 11.2 Å². The zero-order valence-electron chi connectivity index (χ0n) is 58.6. The fourth-order valence-electron chi connectivity index (χ4n) is 9.42. The second kappa shape index (κ2) is 19.8. The number of hydrogen-bond acceptors (Lipinski definition) is 5. The first kappa shape index (κ1) is 26.6. The lowest BCUT2D eigenvalue weighted by Gasteiger charge is -2.18. The van der Waals surface area contributed by atoms with Crippen molar-refractivity contribution < 1.29 is 33.2 Å².